The first-order valence-electron chi connectivity index (χ1n) is 10.9. The van der Waals surface area contributed by atoms with Gasteiger partial charge < -0.3 is 4.98 Å². The number of halogens is 1. The van der Waals surface area contributed by atoms with Crippen molar-refractivity contribution in [3.05, 3.63) is 122 Å². The zero-order valence-corrected chi connectivity index (χ0v) is 19.7. The molecular weight excluding hydrogens is 430 g/mol. The summed E-state index contributed by atoms with van der Waals surface area (Å²) in [5, 5.41) is 1.33. The molecule has 0 aliphatic rings. The van der Waals surface area contributed by atoms with E-state index >= 15 is 0 Å². The van der Waals surface area contributed by atoms with Gasteiger partial charge in [-0.1, -0.05) is 93.0 Å². The fourth-order valence-corrected chi connectivity index (χ4v) is 4.10. The van der Waals surface area contributed by atoms with E-state index in [1.807, 2.05) is 42.5 Å². The minimum Gasteiger partial charge on any atom is -0.321 e. The summed E-state index contributed by atoms with van der Waals surface area (Å²) in [5.41, 5.74) is 4.29. The second-order valence-electron chi connectivity index (χ2n) is 9.23. The largest absolute Gasteiger partial charge is 0.321 e. The molecule has 3 aromatic carbocycles. The minimum atomic E-state index is -0.395. The molecule has 0 saturated heterocycles. The van der Waals surface area contributed by atoms with Crippen LogP contribution >= 0.6 is 11.6 Å². The average Bonchev–Trinajstić information content (AvgIpc) is 2.78. The first kappa shape index (κ1) is 22.8. The Morgan fingerprint density at radius 1 is 0.970 bits per heavy atom. The van der Waals surface area contributed by atoms with Crippen LogP contribution < -0.4 is 5.56 Å². The Morgan fingerprint density at radius 3 is 2.33 bits per heavy atom. The highest BCUT2D eigenvalue weighted by Gasteiger charge is 2.18. The molecule has 4 heteroatoms. The van der Waals surface area contributed by atoms with E-state index in [0.717, 1.165) is 16.5 Å². The molecular formula is C29H26ClNO2. The van der Waals surface area contributed by atoms with Crippen LogP contribution in [0, 0.1) is 0 Å². The fourth-order valence-electron chi connectivity index (χ4n) is 3.93. The van der Waals surface area contributed by atoms with Crippen LogP contribution in [0.2, 0.25) is 5.02 Å². The third kappa shape index (κ3) is 5.15. The van der Waals surface area contributed by atoms with Crippen LogP contribution in [0.1, 0.15) is 53.4 Å². The van der Waals surface area contributed by atoms with Gasteiger partial charge in [-0.05, 0) is 58.4 Å². The lowest BCUT2D eigenvalue weighted by atomic mass is 9.86. The van der Waals surface area contributed by atoms with Gasteiger partial charge in [-0.3, -0.25) is 9.59 Å². The second-order valence-corrected chi connectivity index (χ2v) is 9.67. The molecule has 0 unspecified atom stereocenters. The monoisotopic (exact) mass is 455 g/mol. The Hall–Kier alpha value is -3.43. The van der Waals surface area contributed by atoms with Gasteiger partial charge in [-0.25, -0.2) is 0 Å². The van der Waals surface area contributed by atoms with Crippen molar-refractivity contribution in [2.75, 3.05) is 0 Å². The normalized spacial score (nSPS) is 11.9. The van der Waals surface area contributed by atoms with Crippen LogP contribution in [0.25, 0.3) is 17.0 Å². The van der Waals surface area contributed by atoms with E-state index < -0.39 is 5.56 Å². The molecule has 0 atom stereocenters. The lowest BCUT2D eigenvalue weighted by molar-refractivity contribution is 0.104. The van der Waals surface area contributed by atoms with Crippen LogP contribution in [-0.2, 0) is 11.8 Å². The van der Waals surface area contributed by atoms with Gasteiger partial charge >= 0.3 is 0 Å². The van der Waals surface area contributed by atoms with Crippen LogP contribution in [0.15, 0.2) is 83.7 Å². The summed E-state index contributed by atoms with van der Waals surface area (Å²) in [6, 6.07) is 23.2. The van der Waals surface area contributed by atoms with Crippen molar-refractivity contribution in [1.29, 1.82) is 0 Å². The van der Waals surface area contributed by atoms with Gasteiger partial charge in [0.05, 0.1) is 5.56 Å². The van der Waals surface area contributed by atoms with Crippen molar-refractivity contribution in [2.24, 2.45) is 0 Å². The third-order valence-electron chi connectivity index (χ3n) is 5.76. The van der Waals surface area contributed by atoms with Crippen molar-refractivity contribution >= 4 is 34.4 Å². The predicted octanol–water partition coefficient (Wildman–Crippen LogP) is 6.97. The van der Waals surface area contributed by atoms with Crippen molar-refractivity contribution in [1.82, 2.24) is 4.98 Å². The van der Waals surface area contributed by atoms with Gasteiger partial charge in [0.2, 0.25) is 0 Å². The second kappa shape index (κ2) is 9.21. The smallest absolute Gasteiger partial charge is 0.259 e. The number of ketones is 1. The molecule has 1 N–H and O–H groups in total. The van der Waals surface area contributed by atoms with Gasteiger partial charge in [-0.2, -0.15) is 0 Å². The molecule has 3 nitrogen and oxygen atoms in total. The molecule has 0 radical (unpaired) electrons. The summed E-state index contributed by atoms with van der Waals surface area (Å²) >= 11 is 6.26. The van der Waals surface area contributed by atoms with E-state index in [1.54, 1.807) is 24.3 Å². The summed E-state index contributed by atoms with van der Waals surface area (Å²) in [4.78, 5) is 29.1. The highest BCUT2D eigenvalue weighted by Crippen LogP contribution is 2.26. The summed E-state index contributed by atoms with van der Waals surface area (Å²) in [6.45, 7) is 6.48. The van der Waals surface area contributed by atoms with E-state index in [1.165, 1.54) is 11.6 Å². The molecule has 0 aliphatic heterocycles. The van der Waals surface area contributed by atoms with Crippen LogP contribution in [0.4, 0.5) is 0 Å². The molecule has 33 heavy (non-hydrogen) atoms. The van der Waals surface area contributed by atoms with Crippen LogP contribution in [-0.4, -0.2) is 10.8 Å². The molecule has 1 heterocycles. The Kier molecular flexibility index (Phi) is 6.35. The number of hydrogen-bond acceptors (Lipinski definition) is 2. The number of carbonyl (C=O) groups is 1. The summed E-state index contributed by atoms with van der Waals surface area (Å²) in [7, 11) is 0. The maximum Gasteiger partial charge on any atom is 0.259 e. The molecule has 0 saturated carbocycles. The number of fused-ring (bicyclic) bond motifs is 1. The standard InChI is InChI=1S/C29H26ClNO2/c1-29(2,3)21-12-9-19(10-13-21)11-16-26(32)27-24(17-20-7-5-4-6-8-20)23-18-22(30)14-15-25(23)31-28(27)33/h4-16,18H,17H2,1-3H3,(H,31,33)/b16-11+. The SMILES string of the molecule is CC(C)(C)c1ccc(/C=C/C(=O)c2c(Cc3ccccc3)c3cc(Cl)ccc3[nH]c2=O)cc1. The first-order chi connectivity index (χ1) is 15.7. The molecule has 166 valence electrons. The van der Waals surface area contributed by atoms with Gasteiger partial charge in [0.1, 0.15) is 0 Å². The van der Waals surface area contributed by atoms with E-state index in [-0.39, 0.29) is 16.8 Å². The topological polar surface area (TPSA) is 49.9 Å². The van der Waals surface area contributed by atoms with E-state index in [0.29, 0.717) is 22.5 Å². The highest BCUT2D eigenvalue weighted by molar-refractivity contribution is 6.31. The number of allylic oxidation sites excluding steroid dienone is 1. The van der Waals surface area contributed by atoms with E-state index in [9.17, 15) is 9.59 Å². The number of aromatic amines is 1. The van der Waals surface area contributed by atoms with E-state index in [4.69, 9.17) is 11.6 Å². The first-order valence-corrected chi connectivity index (χ1v) is 11.3. The molecule has 0 fully saturated rings. The number of nitrogens with one attached hydrogen (secondary N) is 1. The number of H-pyrrole nitrogens is 1. The Balaban J connectivity index is 1.76. The van der Waals surface area contributed by atoms with Crippen LogP contribution in [0.3, 0.4) is 0 Å². The number of carbonyl (C=O) groups excluding carboxylic acids is 1. The lowest BCUT2D eigenvalue weighted by Gasteiger charge is -2.18. The Morgan fingerprint density at radius 2 is 1.67 bits per heavy atom. The minimum absolute atomic E-state index is 0.0596. The van der Waals surface area contributed by atoms with Crippen molar-refractivity contribution in [2.45, 2.75) is 32.6 Å². The van der Waals surface area contributed by atoms with Crippen LogP contribution in [0.5, 0.6) is 0 Å². The van der Waals surface area contributed by atoms with Gasteiger partial charge in [0, 0.05) is 15.9 Å². The molecule has 0 amide bonds. The quantitative estimate of drug-likeness (QED) is 0.261. The van der Waals surface area contributed by atoms with Gasteiger partial charge in [0.15, 0.2) is 5.78 Å². The number of aromatic nitrogens is 1. The zero-order valence-electron chi connectivity index (χ0n) is 19.0. The summed E-state index contributed by atoms with van der Waals surface area (Å²) < 4.78 is 0. The van der Waals surface area contributed by atoms with Crippen molar-refractivity contribution in [3.8, 4) is 0 Å². The number of benzene rings is 3. The molecule has 0 spiro atoms. The molecule has 4 aromatic rings. The lowest BCUT2D eigenvalue weighted by Crippen LogP contribution is -2.20. The number of hydrogen-bond donors (Lipinski definition) is 1. The van der Waals surface area contributed by atoms with E-state index in [2.05, 4.69) is 37.9 Å². The predicted molar refractivity (Wildman–Crippen MR) is 137 cm³/mol. The molecule has 1 aromatic heterocycles. The Labute approximate surface area is 198 Å². The highest BCUT2D eigenvalue weighted by atomic mass is 35.5. The molecule has 4 rings (SSSR count). The third-order valence-corrected chi connectivity index (χ3v) is 5.99. The van der Waals surface area contributed by atoms with Crippen molar-refractivity contribution in [3.63, 3.8) is 0 Å². The van der Waals surface area contributed by atoms with Gasteiger partial charge in [0.25, 0.3) is 5.56 Å². The van der Waals surface area contributed by atoms with Crippen molar-refractivity contribution < 1.29 is 4.79 Å². The zero-order chi connectivity index (χ0) is 23.6. The Bertz CT molecular complexity index is 1390. The summed E-state index contributed by atoms with van der Waals surface area (Å²) in [6.07, 6.45) is 3.68. The molecule has 0 aliphatic carbocycles. The number of rotatable bonds is 5. The maximum absolute atomic E-state index is 13.3. The fraction of sp³-hybridized carbons (Fsp3) is 0.172. The maximum atomic E-state index is 13.3. The van der Waals surface area contributed by atoms with Gasteiger partial charge in [-0.15, -0.1) is 0 Å². The molecule has 0 bridgehead atoms. The number of pyridine rings is 1. The average molecular weight is 456 g/mol. The summed E-state index contributed by atoms with van der Waals surface area (Å²) in [5.74, 6) is -0.330.